The summed E-state index contributed by atoms with van der Waals surface area (Å²) in [4.78, 5) is 25.6. The van der Waals surface area contributed by atoms with Crippen LogP contribution < -0.4 is 5.32 Å². The number of hydrogen-bond acceptors (Lipinski definition) is 5. The summed E-state index contributed by atoms with van der Waals surface area (Å²) in [5.41, 5.74) is 1.74. The van der Waals surface area contributed by atoms with Crippen LogP contribution in [0.4, 0.5) is 5.82 Å². The Bertz CT molecular complexity index is 930. The first kappa shape index (κ1) is 16.8. The first-order chi connectivity index (χ1) is 12.7. The van der Waals surface area contributed by atoms with Gasteiger partial charge in [0.2, 0.25) is 0 Å². The highest BCUT2D eigenvalue weighted by Crippen LogP contribution is 2.29. The number of likely N-dealkylation sites (tertiary alicyclic amines) is 1. The lowest BCUT2D eigenvalue weighted by molar-refractivity contribution is 0.0697. The number of H-pyrrole nitrogens is 1. The number of carboxylic acids is 1. The van der Waals surface area contributed by atoms with Gasteiger partial charge in [0.05, 0.1) is 10.9 Å². The molecule has 0 spiro atoms. The predicted molar refractivity (Wildman–Crippen MR) is 102 cm³/mol. The summed E-state index contributed by atoms with van der Waals surface area (Å²) in [7, 11) is 0. The molecule has 1 aromatic carbocycles. The highest BCUT2D eigenvalue weighted by Gasteiger charge is 2.13. The van der Waals surface area contributed by atoms with Gasteiger partial charge >= 0.3 is 5.97 Å². The van der Waals surface area contributed by atoms with Crippen LogP contribution in [0.2, 0.25) is 0 Å². The third kappa shape index (κ3) is 3.35. The van der Waals surface area contributed by atoms with E-state index in [1.165, 1.54) is 38.7 Å². The van der Waals surface area contributed by atoms with E-state index in [2.05, 4.69) is 25.2 Å². The van der Waals surface area contributed by atoms with Gasteiger partial charge in [0.1, 0.15) is 17.8 Å². The van der Waals surface area contributed by atoms with E-state index in [4.69, 9.17) is 5.11 Å². The number of piperidine rings is 1. The minimum Gasteiger partial charge on any atom is -0.478 e. The molecule has 0 radical (unpaired) electrons. The predicted octanol–water partition coefficient (Wildman–Crippen LogP) is 3.10. The molecule has 0 atom stereocenters. The third-order valence-corrected chi connectivity index (χ3v) is 5.03. The molecule has 1 saturated heterocycles. The van der Waals surface area contributed by atoms with Crippen molar-refractivity contribution in [1.82, 2.24) is 19.9 Å². The number of aromatic carboxylic acids is 1. The normalized spacial score (nSPS) is 15.5. The fourth-order valence-electron chi connectivity index (χ4n) is 3.69. The van der Waals surface area contributed by atoms with E-state index in [1.807, 2.05) is 6.07 Å². The molecule has 0 bridgehead atoms. The van der Waals surface area contributed by atoms with Gasteiger partial charge < -0.3 is 20.3 Å². The van der Waals surface area contributed by atoms with E-state index in [0.29, 0.717) is 0 Å². The van der Waals surface area contributed by atoms with Crippen LogP contribution in [0.1, 0.15) is 36.0 Å². The molecule has 3 heterocycles. The van der Waals surface area contributed by atoms with Crippen molar-refractivity contribution >= 4 is 33.7 Å². The maximum atomic E-state index is 11.2. The van der Waals surface area contributed by atoms with Crippen LogP contribution >= 0.6 is 0 Å². The molecule has 7 nitrogen and oxygen atoms in total. The number of aromatic amines is 1. The molecule has 0 saturated carbocycles. The summed E-state index contributed by atoms with van der Waals surface area (Å²) in [6.45, 7) is 4.39. The summed E-state index contributed by atoms with van der Waals surface area (Å²) < 4.78 is 0. The van der Waals surface area contributed by atoms with Gasteiger partial charge in [-0.15, -0.1) is 0 Å². The number of rotatable bonds is 6. The van der Waals surface area contributed by atoms with Gasteiger partial charge in [-0.2, -0.15) is 0 Å². The number of fused-ring (bicyclic) bond motifs is 3. The molecular weight excluding hydrogens is 330 g/mol. The molecule has 3 N–H and O–H groups in total. The highest BCUT2D eigenvalue weighted by molar-refractivity contribution is 6.12. The molecule has 26 heavy (non-hydrogen) atoms. The monoisotopic (exact) mass is 353 g/mol. The summed E-state index contributed by atoms with van der Waals surface area (Å²) in [6, 6.07) is 5.07. The smallest absolute Gasteiger partial charge is 0.335 e. The van der Waals surface area contributed by atoms with Crippen LogP contribution in [0.3, 0.4) is 0 Å². The molecule has 0 amide bonds. The molecule has 0 aliphatic carbocycles. The van der Waals surface area contributed by atoms with Crippen molar-refractivity contribution in [2.24, 2.45) is 0 Å². The standard InChI is InChI=1S/C19H23N5O2/c25-19(26)13-5-6-14-15(11-13)23-18-16(14)17(21-12-22-18)20-7-4-10-24-8-2-1-3-9-24/h5-6,11-12H,1-4,7-10H2,(H,25,26)(H2,20,21,22,23). The first-order valence-corrected chi connectivity index (χ1v) is 9.18. The number of carbonyl (C=O) groups is 1. The Morgan fingerprint density at radius 1 is 1.23 bits per heavy atom. The third-order valence-electron chi connectivity index (χ3n) is 5.03. The average molecular weight is 353 g/mol. The van der Waals surface area contributed by atoms with Crippen molar-refractivity contribution in [3.05, 3.63) is 30.1 Å². The van der Waals surface area contributed by atoms with Crippen molar-refractivity contribution in [3.8, 4) is 0 Å². The van der Waals surface area contributed by atoms with Crippen LogP contribution in [-0.2, 0) is 0 Å². The van der Waals surface area contributed by atoms with Crippen LogP contribution in [-0.4, -0.2) is 57.1 Å². The molecule has 3 aromatic rings. The van der Waals surface area contributed by atoms with Gasteiger partial charge in [0, 0.05) is 17.4 Å². The van der Waals surface area contributed by atoms with Gasteiger partial charge in [0.15, 0.2) is 0 Å². The number of nitrogens with one attached hydrogen (secondary N) is 2. The summed E-state index contributed by atoms with van der Waals surface area (Å²) >= 11 is 0. The number of benzene rings is 1. The summed E-state index contributed by atoms with van der Waals surface area (Å²) in [5, 5.41) is 14.4. The zero-order valence-electron chi connectivity index (χ0n) is 14.7. The molecule has 136 valence electrons. The van der Waals surface area contributed by atoms with E-state index >= 15 is 0 Å². The number of anilines is 1. The molecule has 0 unspecified atom stereocenters. The summed E-state index contributed by atoms with van der Waals surface area (Å²) in [5.74, 6) is -0.143. The van der Waals surface area contributed by atoms with Crippen LogP contribution in [0.5, 0.6) is 0 Å². The van der Waals surface area contributed by atoms with Gasteiger partial charge in [-0.3, -0.25) is 0 Å². The van der Waals surface area contributed by atoms with Crippen molar-refractivity contribution in [3.63, 3.8) is 0 Å². The Morgan fingerprint density at radius 3 is 2.88 bits per heavy atom. The van der Waals surface area contributed by atoms with Crippen LogP contribution in [0, 0.1) is 0 Å². The lowest BCUT2D eigenvalue weighted by atomic mass is 10.1. The highest BCUT2D eigenvalue weighted by atomic mass is 16.4. The maximum Gasteiger partial charge on any atom is 0.335 e. The van der Waals surface area contributed by atoms with Crippen molar-refractivity contribution < 1.29 is 9.90 Å². The minimum absolute atomic E-state index is 0.257. The second-order valence-electron chi connectivity index (χ2n) is 6.82. The molecule has 7 heteroatoms. The maximum absolute atomic E-state index is 11.2. The molecule has 4 rings (SSSR count). The fourth-order valence-corrected chi connectivity index (χ4v) is 3.69. The molecule has 1 aliphatic heterocycles. The second-order valence-corrected chi connectivity index (χ2v) is 6.82. The zero-order valence-corrected chi connectivity index (χ0v) is 14.7. The van der Waals surface area contributed by atoms with Gasteiger partial charge in [-0.1, -0.05) is 12.5 Å². The van der Waals surface area contributed by atoms with E-state index in [-0.39, 0.29) is 5.56 Å². The largest absolute Gasteiger partial charge is 0.478 e. The van der Waals surface area contributed by atoms with E-state index in [0.717, 1.165) is 47.3 Å². The molecular formula is C19H23N5O2. The van der Waals surface area contributed by atoms with E-state index in [9.17, 15) is 4.79 Å². The Kier molecular flexibility index (Phi) is 4.71. The molecule has 1 aliphatic rings. The number of hydrogen-bond donors (Lipinski definition) is 3. The van der Waals surface area contributed by atoms with Gasteiger partial charge in [-0.25, -0.2) is 14.8 Å². The zero-order chi connectivity index (χ0) is 17.9. The SMILES string of the molecule is O=C(O)c1ccc2c(c1)[nH]c1ncnc(NCCCN3CCCCC3)c12. The topological polar surface area (TPSA) is 94.1 Å². The Labute approximate surface area is 151 Å². The quantitative estimate of drug-likeness (QED) is 0.590. The number of aromatic nitrogens is 3. The van der Waals surface area contributed by atoms with Crippen molar-refractivity contribution in [2.75, 3.05) is 31.5 Å². The Morgan fingerprint density at radius 2 is 2.08 bits per heavy atom. The Balaban J connectivity index is 1.51. The average Bonchev–Trinajstić information content (AvgIpc) is 3.04. The van der Waals surface area contributed by atoms with Crippen LogP contribution in [0.15, 0.2) is 24.5 Å². The molecule has 2 aromatic heterocycles. The molecule has 1 fully saturated rings. The first-order valence-electron chi connectivity index (χ1n) is 9.18. The lowest BCUT2D eigenvalue weighted by Crippen LogP contribution is -2.31. The van der Waals surface area contributed by atoms with Gasteiger partial charge in [0.25, 0.3) is 0 Å². The number of nitrogens with zero attached hydrogens (tertiary/aromatic N) is 3. The lowest BCUT2D eigenvalue weighted by Gasteiger charge is -2.26. The second kappa shape index (κ2) is 7.29. The van der Waals surface area contributed by atoms with Crippen molar-refractivity contribution in [2.45, 2.75) is 25.7 Å². The van der Waals surface area contributed by atoms with E-state index < -0.39 is 5.97 Å². The van der Waals surface area contributed by atoms with Gasteiger partial charge in [-0.05, 0) is 51.0 Å². The Hall–Kier alpha value is -2.67. The number of carboxylic acid groups (broad SMARTS) is 1. The minimum atomic E-state index is -0.937. The van der Waals surface area contributed by atoms with Crippen molar-refractivity contribution in [1.29, 1.82) is 0 Å². The van der Waals surface area contributed by atoms with E-state index in [1.54, 1.807) is 12.1 Å². The van der Waals surface area contributed by atoms with Crippen LogP contribution in [0.25, 0.3) is 21.9 Å². The summed E-state index contributed by atoms with van der Waals surface area (Å²) in [6.07, 6.45) is 6.58. The fraction of sp³-hybridized carbons (Fsp3) is 0.421.